The van der Waals surface area contributed by atoms with E-state index < -0.39 is 34.4 Å². The third kappa shape index (κ3) is 7.42. The largest absolute Gasteiger partial charge is 0.494 e. The van der Waals surface area contributed by atoms with Crippen molar-refractivity contribution in [2.45, 2.75) is 31.3 Å². The second kappa shape index (κ2) is 14.1. The van der Waals surface area contributed by atoms with E-state index in [4.69, 9.17) is 25.8 Å². The summed E-state index contributed by atoms with van der Waals surface area (Å²) in [5, 5.41) is 2.96. The number of likely N-dealkylation sites (N-methyl/N-ethyl adjacent to an activating group) is 1. The molecule has 0 fully saturated rings. The van der Waals surface area contributed by atoms with Crippen molar-refractivity contribution in [3.63, 3.8) is 0 Å². The highest BCUT2D eigenvalue weighted by molar-refractivity contribution is 7.92. The quantitative estimate of drug-likeness (QED) is 0.313. The number of benzene rings is 3. The molecule has 3 aromatic carbocycles. The summed E-state index contributed by atoms with van der Waals surface area (Å²) >= 11 is 6.36. The Morgan fingerprint density at radius 2 is 1.63 bits per heavy atom. The Balaban J connectivity index is 2.09. The van der Waals surface area contributed by atoms with Crippen LogP contribution in [0.1, 0.15) is 19.4 Å². The Labute approximate surface area is 245 Å². The molecule has 0 aromatic heterocycles. The summed E-state index contributed by atoms with van der Waals surface area (Å²) in [7, 11) is -0.0119. The standard InChI is InChI=1S/C29H34ClN3O7S/c1-6-40-23-13-11-22(12-14-23)33(41(36,37)24-15-16-26(38-4)27(17-24)39-5)19-28(34)32(20(2)29(35)31-3)18-21-9-7-8-10-25(21)30/h7-17,20H,6,18-19H2,1-5H3,(H,31,35). The van der Waals surface area contributed by atoms with Gasteiger partial charge in [0.2, 0.25) is 11.8 Å². The fraction of sp³-hybridized carbons (Fsp3) is 0.310. The maximum absolute atomic E-state index is 14.1. The van der Waals surface area contributed by atoms with Crippen molar-refractivity contribution in [3.05, 3.63) is 77.3 Å². The van der Waals surface area contributed by atoms with E-state index in [0.717, 1.165) is 4.31 Å². The summed E-state index contributed by atoms with van der Waals surface area (Å²) in [5.41, 5.74) is 0.829. The zero-order chi connectivity index (χ0) is 30.2. The van der Waals surface area contributed by atoms with E-state index in [1.807, 2.05) is 6.92 Å². The molecule has 0 radical (unpaired) electrons. The van der Waals surface area contributed by atoms with E-state index in [0.29, 0.717) is 28.7 Å². The van der Waals surface area contributed by atoms with Crippen LogP contribution in [-0.4, -0.2) is 65.6 Å². The van der Waals surface area contributed by atoms with Gasteiger partial charge in [-0.05, 0) is 61.9 Å². The number of nitrogens with zero attached hydrogens (tertiary/aromatic N) is 2. The van der Waals surface area contributed by atoms with Crippen LogP contribution in [0.3, 0.4) is 0 Å². The Morgan fingerprint density at radius 3 is 2.22 bits per heavy atom. The van der Waals surface area contributed by atoms with Gasteiger partial charge in [0.1, 0.15) is 18.3 Å². The highest BCUT2D eigenvalue weighted by Crippen LogP contribution is 2.33. The second-order valence-corrected chi connectivity index (χ2v) is 11.1. The molecule has 0 aliphatic carbocycles. The van der Waals surface area contributed by atoms with Gasteiger partial charge >= 0.3 is 0 Å². The molecule has 1 atom stereocenters. The van der Waals surface area contributed by atoms with Crippen LogP contribution in [0.4, 0.5) is 5.69 Å². The van der Waals surface area contributed by atoms with Gasteiger partial charge in [-0.3, -0.25) is 13.9 Å². The van der Waals surface area contributed by atoms with Gasteiger partial charge in [0.15, 0.2) is 11.5 Å². The lowest BCUT2D eigenvalue weighted by Gasteiger charge is -2.32. The number of carbonyl (C=O) groups is 2. The predicted molar refractivity (Wildman–Crippen MR) is 157 cm³/mol. The Morgan fingerprint density at radius 1 is 0.976 bits per heavy atom. The molecular formula is C29H34ClN3O7S. The number of amides is 2. The van der Waals surface area contributed by atoms with Gasteiger partial charge in [-0.15, -0.1) is 0 Å². The molecule has 0 saturated heterocycles. The monoisotopic (exact) mass is 603 g/mol. The first-order valence-electron chi connectivity index (χ1n) is 12.8. The molecule has 0 spiro atoms. The first-order chi connectivity index (χ1) is 19.6. The predicted octanol–water partition coefficient (Wildman–Crippen LogP) is 4.11. The molecule has 3 aromatic rings. The third-order valence-corrected chi connectivity index (χ3v) is 8.51. The number of sulfonamides is 1. The summed E-state index contributed by atoms with van der Waals surface area (Å²) in [6.45, 7) is 3.22. The lowest BCUT2D eigenvalue weighted by atomic mass is 10.1. The van der Waals surface area contributed by atoms with Gasteiger partial charge < -0.3 is 24.4 Å². The zero-order valence-corrected chi connectivity index (χ0v) is 25.2. The highest BCUT2D eigenvalue weighted by atomic mass is 35.5. The average molecular weight is 604 g/mol. The number of ether oxygens (including phenoxy) is 3. The number of hydrogen-bond donors (Lipinski definition) is 1. The van der Waals surface area contributed by atoms with Crippen LogP contribution in [-0.2, 0) is 26.2 Å². The van der Waals surface area contributed by atoms with Gasteiger partial charge in [-0.1, -0.05) is 29.8 Å². The average Bonchev–Trinajstić information content (AvgIpc) is 2.98. The van der Waals surface area contributed by atoms with E-state index in [1.54, 1.807) is 55.5 Å². The zero-order valence-electron chi connectivity index (χ0n) is 23.6. The van der Waals surface area contributed by atoms with Crippen LogP contribution in [0.2, 0.25) is 5.02 Å². The Kier molecular flexibility index (Phi) is 10.8. The molecule has 0 aliphatic heterocycles. The second-order valence-electron chi connectivity index (χ2n) is 8.86. The molecule has 1 N–H and O–H groups in total. The number of methoxy groups -OCH3 is 2. The smallest absolute Gasteiger partial charge is 0.264 e. The summed E-state index contributed by atoms with van der Waals surface area (Å²) in [4.78, 5) is 27.7. The van der Waals surface area contributed by atoms with E-state index in [1.165, 1.54) is 44.4 Å². The lowest BCUT2D eigenvalue weighted by Crippen LogP contribution is -2.50. The minimum Gasteiger partial charge on any atom is -0.494 e. The van der Waals surface area contributed by atoms with Crippen LogP contribution in [0.15, 0.2) is 71.6 Å². The third-order valence-electron chi connectivity index (χ3n) is 6.37. The van der Waals surface area contributed by atoms with Crippen LogP contribution in [0.5, 0.6) is 17.2 Å². The van der Waals surface area contributed by atoms with Crippen molar-refractivity contribution in [3.8, 4) is 17.2 Å². The molecule has 3 rings (SSSR count). The van der Waals surface area contributed by atoms with Gasteiger partial charge in [0.25, 0.3) is 10.0 Å². The first-order valence-corrected chi connectivity index (χ1v) is 14.6. The SMILES string of the molecule is CCOc1ccc(N(CC(=O)N(Cc2ccccc2Cl)C(C)C(=O)NC)S(=O)(=O)c2ccc(OC)c(OC)c2)cc1. The fourth-order valence-electron chi connectivity index (χ4n) is 4.11. The number of anilines is 1. The molecular weight excluding hydrogens is 570 g/mol. The van der Waals surface area contributed by atoms with Gasteiger partial charge in [-0.2, -0.15) is 0 Å². The van der Waals surface area contributed by atoms with E-state index in [-0.39, 0.29) is 22.9 Å². The van der Waals surface area contributed by atoms with Crippen molar-refractivity contribution in [2.24, 2.45) is 0 Å². The molecule has 0 heterocycles. The maximum atomic E-state index is 14.1. The Hall–Kier alpha value is -3.96. The van der Waals surface area contributed by atoms with Crippen molar-refractivity contribution in [1.82, 2.24) is 10.2 Å². The minimum absolute atomic E-state index is 0.0133. The number of rotatable bonds is 13. The van der Waals surface area contributed by atoms with Gasteiger partial charge in [0.05, 0.1) is 31.4 Å². The Bertz CT molecular complexity index is 1470. The number of halogens is 1. The highest BCUT2D eigenvalue weighted by Gasteiger charge is 2.33. The molecule has 0 bridgehead atoms. The maximum Gasteiger partial charge on any atom is 0.264 e. The van der Waals surface area contributed by atoms with Gasteiger partial charge in [-0.25, -0.2) is 8.42 Å². The molecule has 2 amide bonds. The summed E-state index contributed by atoms with van der Waals surface area (Å²) in [5.74, 6) is 0.0694. The first kappa shape index (κ1) is 31.6. The minimum atomic E-state index is -4.32. The summed E-state index contributed by atoms with van der Waals surface area (Å²) in [6.07, 6.45) is 0. The van der Waals surface area contributed by atoms with Crippen molar-refractivity contribution in [1.29, 1.82) is 0 Å². The normalized spacial score (nSPS) is 11.8. The number of nitrogens with one attached hydrogen (secondary N) is 1. The van der Waals surface area contributed by atoms with E-state index in [9.17, 15) is 18.0 Å². The summed E-state index contributed by atoms with van der Waals surface area (Å²) in [6, 6.07) is 16.5. The topological polar surface area (TPSA) is 114 Å². The van der Waals surface area contributed by atoms with Crippen LogP contribution >= 0.6 is 11.6 Å². The van der Waals surface area contributed by atoms with E-state index >= 15 is 0 Å². The lowest BCUT2D eigenvalue weighted by molar-refractivity contribution is -0.139. The van der Waals surface area contributed by atoms with Crippen LogP contribution < -0.4 is 23.8 Å². The number of carbonyl (C=O) groups excluding carboxylic acids is 2. The molecule has 0 saturated carbocycles. The molecule has 41 heavy (non-hydrogen) atoms. The molecule has 0 aliphatic rings. The summed E-state index contributed by atoms with van der Waals surface area (Å²) < 4.78 is 45.2. The molecule has 220 valence electrons. The number of hydrogen-bond acceptors (Lipinski definition) is 7. The van der Waals surface area contributed by atoms with Crippen LogP contribution in [0, 0.1) is 0 Å². The van der Waals surface area contributed by atoms with Crippen molar-refractivity contribution in [2.75, 3.05) is 38.7 Å². The van der Waals surface area contributed by atoms with Crippen molar-refractivity contribution >= 4 is 39.1 Å². The fourth-order valence-corrected chi connectivity index (χ4v) is 5.74. The van der Waals surface area contributed by atoms with Gasteiger partial charge in [0, 0.05) is 24.7 Å². The van der Waals surface area contributed by atoms with Crippen molar-refractivity contribution < 1.29 is 32.2 Å². The molecule has 1 unspecified atom stereocenters. The molecule has 10 nitrogen and oxygen atoms in total. The van der Waals surface area contributed by atoms with E-state index in [2.05, 4.69) is 5.32 Å². The van der Waals surface area contributed by atoms with Crippen LogP contribution in [0.25, 0.3) is 0 Å². The molecule has 12 heteroatoms.